The number of thiophene rings is 1. The van der Waals surface area contributed by atoms with Crippen LogP contribution in [0.5, 0.6) is 0 Å². The first kappa shape index (κ1) is 20.6. The molecule has 0 radical (unpaired) electrons. The van der Waals surface area contributed by atoms with Gasteiger partial charge in [0.25, 0.3) is 15.9 Å². The Hall–Kier alpha value is -2.33. The van der Waals surface area contributed by atoms with E-state index in [1.165, 1.54) is 27.0 Å². The molecule has 1 atom stereocenters. The Balaban J connectivity index is 1.47. The molecule has 4 aromatic rings. The third-order valence-electron chi connectivity index (χ3n) is 5.73. The molecule has 1 aliphatic rings. The molecule has 0 spiro atoms. The lowest BCUT2D eigenvalue weighted by Gasteiger charge is -2.29. The molecule has 1 amide bonds. The molecule has 0 N–H and O–H groups in total. The van der Waals surface area contributed by atoms with Crippen molar-refractivity contribution < 1.29 is 13.2 Å². The summed E-state index contributed by atoms with van der Waals surface area (Å²) in [5.41, 5.74) is 1.03. The van der Waals surface area contributed by atoms with Crippen LogP contribution in [0.4, 0.5) is 0 Å². The predicted molar refractivity (Wildman–Crippen MR) is 125 cm³/mol. The Labute approximate surface area is 188 Å². The van der Waals surface area contributed by atoms with Crippen molar-refractivity contribution >= 4 is 59.6 Å². The SMILES string of the molecule is Cn1c(=NC(=O)C2CCCN(S(=O)(=O)c3cccs3)C2)sc2c3ccccc3ccc21. The maximum absolute atomic E-state index is 13.0. The van der Waals surface area contributed by atoms with Crippen LogP contribution in [0.15, 0.2) is 63.1 Å². The summed E-state index contributed by atoms with van der Waals surface area (Å²) in [5.74, 6) is -0.678. The second-order valence-corrected chi connectivity index (χ2v) is 11.8. The number of nitrogens with zero attached hydrogens (tertiary/aromatic N) is 3. The minimum atomic E-state index is -3.56. The molecule has 0 bridgehead atoms. The summed E-state index contributed by atoms with van der Waals surface area (Å²) in [7, 11) is -1.64. The molecule has 31 heavy (non-hydrogen) atoms. The number of hydrogen-bond acceptors (Lipinski definition) is 5. The van der Waals surface area contributed by atoms with E-state index in [0.717, 1.165) is 21.0 Å². The number of fused-ring (bicyclic) bond motifs is 3. The first-order valence-corrected chi connectivity index (χ1v) is 13.2. The second-order valence-electron chi connectivity index (χ2n) is 7.66. The van der Waals surface area contributed by atoms with Crippen LogP contribution in [0, 0.1) is 5.92 Å². The number of piperidine rings is 1. The molecule has 5 rings (SSSR count). The number of rotatable bonds is 3. The zero-order chi connectivity index (χ0) is 21.6. The lowest BCUT2D eigenvalue weighted by Crippen LogP contribution is -2.42. The third-order valence-corrected chi connectivity index (χ3v) is 10.1. The van der Waals surface area contributed by atoms with E-state index in [2.05, 4.69) is 23.2 Å². The Morgan fingerprint density at radius 2 is 1.97 bits per heavy atom. The Morgan fingerprint density at radius 3 is 2.77 bits per heavy atom. The van der Waals surface area contributed by atoms with Gasteiger partial charge in [-0.25, -0.2) is 8.42 Å². The highest BCUT2D eigenvalue weighted by Crippen LogP contribution is 2.28. The van der Waals surface area contributed by atoms with Crippen molar-refractivity contribution in [3.05, 3.63) is 58.7 Å². The molecule has 0 saturated carbocycles. The van der Waals surface area contributed by atoms with Gasteiger partial charge < -0.3 is 4.57 Å². The van der Waals surface area contributed by atoms with Crippen LogP contribution in [0.25, 0.3) is 21.0 Å². The Morgan fingerprint density at radius 1 is 1.13 bits per heavy atom. The van der Waals surface area contributed by atoms with E-state index in [1.54, 1.807) is 17.5 Å². The van der Waals surface area contributed by atoms with E-state index in [4.69, 9.17) is 0 Å². The van der Waals surface area contributed by atoms with Crippen molar-refractivity contribution in [2.24, 2.45) is 18.0 Å². The summed E-state index contributed by atoms with van der Waals surface area (Å²) in [6.07, 6.45) is 1.30. The summed E-state index contributed by atoms with van der Waals surface area (Å²) in [6.45, 7) is 0.618. The van der Waals surface area contributed by atoms with E-state index >= 15 is 0 Å². The van der Waals surface area contributed by atoms with Gasteiger partial charge in [-0.15, -0.1) is 11.3 Å². The van der Waals surface area contributed by atoms with Crippen LogP contribution >= 0.6 is 22.7 Å². The van der Waals surface area contributed by atoms with Gasteiger partial charge in [0.2, 0.25) is 0 Å². The van der Waals surface area contributed by atoms with Crippen LogP contribution in [0.2, 0.25) is 0 Å². The molecular weight excluding hydrogens is 450 g/mol. The number of aromatic nitrogens is 1. The van der Waals surface area contributed by atoms with Crippen molar-refractivity contribution in [2.75, 3.05) is 13.1 Å². The Kier molecular flexibility index (Phi) is 5.29. The molecular formula is C22H21N3O3S3. The molecule has 160 valence electrons. The fourth-order valence-electron chi connectivity index (χ4n) is 4.05. The number of amides is 1. The van der Waals surface area contributed by atoms with Crippen molar-refractivity contribution in [1.29, 1.82) is 0 Å². The monoisotopic (exact) mass is 471 g/mol. The van der Waals surface area contributed by atoms with Gasteiger partial charge in [0.15, 0.2) is 4.80 Å². The zero-order valence-corrected chi connectivity index (χ0v) is 19.3. The number of carbonyl (C=O) groups excluding carboxylic acids is 1. The van der Waals surface area contributed by atoms with Gasteiger partial charge in [0.1, 0.15) is 4.21 Å². The van der Waals surface area contributed by atoms with Gasteiger partial charge in [-0.3, -0.25) is 4.79 Å². The van der Waals surface area contributed by atoms with Gasteiger partial charge >= 0.3 is 0 Å². The molecule has 0 aliphatic carbocycles. The number of benzene rings is 2. The molecule has 9 heteroatoms. The average molecular weight is 472 g/mol. The van der Waals surface area contributed by atoms with Crippen LogP contribution in [0.1, 0.15) is 12.8 Å². The minimum absolute atomic E-state index is 0.181. The van der Waals surface area contributed by atoms with E-state index in [9.17, 15) is 13.2 Å². The molecule has 1 fully saturated rings. The summed E-state index contributed by atoms with van der Waals surface area (Å²) in [4.78, 5) is 18.1. The summed E-state index contributed by atoms with van der Waals surface area (Å²) in [5, 5.41) is 4.04. The molecule has 1 aliphatic heterocycles. The van der Waals surface area contributed by atoms with E-state index in [0.29, 0.717) is 28.4 Å². The number of carbonyl (C=O) groups is 1. The van der Waals surface area contributed by atoms with Crippen LogP contribution < -0.4 is 4.80 Å². The molecule has 2 aromatic carbocycles. The molecule has 1 unspecified atom stereocenters. The van der Waals surface area contributed by atoms with Gasteiger partial charge in [-0.05, 0) is 35.7 Å². The highest BCUT2D eigenvalue weighted by molar-refractivity contribution is 7.91. The van der Waals surface area contributed by atoms with Gasteiger partial charge in [-0.2, -0.15) is 9.30 Å². The number of sulfonamides is 1. The van der Waals surface area contributed by atoms with E-state index in [-0.39, 0.29) is 12.5 Å². The molecule has 3 heterocycles. The first-order valence-electron chi connectivity index (χ1n) is 10.0. The second kappa shape index (κ2) is 7.98. The third kappa shape index (κ3) is 3.65. The number of aryl methyl sites for hydroxylation is 1. The zero-order valence-electron chi connectivity index (χ0n) is 16.9. The smallest absolute Gasteiger partial charge is 0.252 e. The van der Waals surface area contributed by atoms with Crippen molar-refractivity contribution in [3.8, 4) is 0 Å². The van der Waals surface area contributed by atoms with E-state index in [1.807, 2.05) is 29.8 Å². The van der Waals surface area contributed by atoms with Gasteiger partial charge in [-0.1, -0.05) is 47.7 Å². The quantitative estimate of drug-likeness (QED) is 0.454. The highest BCUT2D eigenvalue weighted by atomic mass is 32.2. The van der Waals surface area contributed by atoms with Gasteiger partial charge in [0, 0.05) is 25.5 Å². The van der Waals surface area contributed by atoms with Crippen LogP contribution in [-0.2, 0) is 21.9 Å². The van der Waals surface area contributed by atoms with Crippen molar-refractivity contribution in [3.63, 3.8) is 0 Å². The van der Waals surface area contributed by atoms with Gasteiger partial charge in [0.05, 0.1) is 16.1 Å². The molecule has 1 saturated heterocycles. The van der Waals surface area contributed by atoms with Crippen LogP contribution in [-0.4, -0.2) is 36.3 Å². The average Bonchev–Trinajstić information content (AvgIpc) is 3.44. The standard InChI is InChI=1S/C22H21N3O3S3/c1-24-18-11-10-15-6-2-3-8-17(15)20(18)30-22(24)23-21(26)16-7-4-12-25(14-16)31(27,28)19-9-5-13-29-19/h2-3,5-6,8-11,13,16H,4,7,12,14H2,1H3. The lowest BCUT2D eigenvalue weighted by molar-refractivity contribution is -0.122. The lowest BCUT2D eigenvalue weighted by atomic mass is 9.99. The maximum Gasteiger partial charge on any atom is 0.252 e. The van der Waals surface area contributed by atoms with Crippen molar-refractivity contribution in [2.45, 2.75) is 17.1 Å². The summed E-state index contributed by atoms with van der Waals surface area (Å²) >= 11 is 2.70. The van der Waals surface area contributed by atoms with Crippen molar-refractivity contribution in [1.82, 2.24) is 8.87 Å². The molecule has 6 nitrogen and oxygen atoms in total. The number of hydrogen-bond donors (Lipinski definition) is 0. The topological polar surface area (TPSA) is 71.7 Å². The summed E-state index contributed by atoms with van der Waals surface area (Å²) < 4.78 is 30.5. The number of thiazole rings is 1. The van der Waals surface area contributed by atoms with E-state index < -0.39 is 15.9 Å². The minimum Gasteiger partial charge on any atom is -0.319 e. The normalized spacial score (nSPS) is 18.7. The fraction of sp³-hybridized carbons (Fsp3) is 0.273. The predicted octanol–water partition coefficient (Wildman–Crippen LogP) is 3.98. The summed E-state index contributed by atoms with van der Waals surface area (Å²) in [6, 6.07) is 15.6. The highest BCUT2D eigenvalue weighted by Gasteiger charge is 2.33. The van der Waals surface area contributed by atoms with Crippen LogP contribution in [0.3, 0.4) is 0 Å². The maximum atomic E-state index is 13.0. The first-order chi connectivity index (χ1) is 14.9. The Bertz CT molecular complexity index is 1450. The molecule has 2 aromatic heterocycles. The fourth-order valence-corrected chi connectivity index (χ4v) is 7.88. The largest absolute Gasteiger partial charge is 0.319 e.